The minimum Gasteiger partial charge on any atom is -0.457 e. The van der Waals surface area contributed by atoms with Crippen LogP contribution in [-0.4, -0.2) is 28.1 Å². The number of carbonyl (C=O) groups is 1. The molecule has 0 bridgehead atoms. The van der Waals surface area contributed by atoms with Crippen LogP contribution in [-0.2, 0) is 20.9 Å². The number of hydrogen-bond acceptors (Lipinski definition) is 5. The molecule has 3 rings (SSSR count). The zero-order chi connectivity index (χ0) is 14.8. The predicted molar refractivity (Wildman–Crippen MR) is 77.9 cm³/mol. The summed E-state index contributed by atoms with van der Waals surface area (Å²) in [5, 5.41) is 0. The molecule has 21 heavy (non-hydrogen) atoms. The van der Waals surface area contributed by atoms with Gasteiger partial charge in [-0.15, -0.1) is 0 Å². The maximum Gasteiger partial charge on any atom is 0.335 e. The van der Waals surface area contributed by atoms with Gasteiger partial charge in [-0.2, -0.15) is 0 Å². The number of halogens is 1. The lowest BCUT2D eigenvalue weighted by Crippen LogP contribution is -2.23. The van der Waals surface area contributed by atoms with E-state index in [1.807, 2.05) is 0 Å². The second-order valence-electron chi connectivity index (χ2n) is 4.77. The lowest BCUT2D eigenvalue weighted by atomic mass is 10.2. The number of hydrogen-bond donors (Lipinski definition) is 0. The van der Waals surface area contributed by atoms with E-state index in [0.29, 0.717) is 24.4 Å². The first-order valence-electron chi connectivity index (χ1n) is 6.59. The Balaban J connectivity index is 1.76. The molecular weight excluding hydrogens is 340 g/mol. The minimum atomic E-state index is -0.484. The molecule has 1 saturated heterocycles. The van der Waals surface area contributed by atoms with E-state index in [2.05, 4.69) is 20.9 Å². The summed E-state index contributed by atoms with van der Waals surface area (Å²) in [5.41, 5.74) is 0.715. The van der Waals surface area contributed by atoms with Crippen LogP contribution in [0.15, 0.2) is 33.7 Å². The third kappa shape index (κ3) is 3.14. The first-order chi connectivity index (χ1) is 10.1. The van der Waals surface area contributed by atoms with E-state index in [9.17, 15) is 9.59 Å². The van der Waals surface area contributed by atoms with Crippen molar-refractivity contribution in [2.45, 2.75) is 25.6 Å². The number of nitrogens with zero attached hydrogens (tertiary/aromatic N) is 2. The number of rotatable bonds is 3. The SMILES string of the molecule is O=C(OCc1cc(=O)n2cc(Br)ccc2n1)C1CCCO1. The molecule has 0 saturated carbocycles. The van der Waals surface area contributed by atoms with E-state index in [-0.39, 0.29) is 12.2 Å². The van der Waals surface area contributed by atoms with Crippen LogP contribution in [0.3, 0.4) is 0 Å². The van der Waals surface area contributed by atoms with E-state index >= 15 is 0 Å². The quantitative estimate of drug-likeness (QED) is 0.786. The average Bonchev–Trinajstić information content (AvgIpc) is 3.00. The monoisotopic (exact) mass is 352 g/mol. The van der Waals surface area contributed by atoms with E-state index in [0.717, 1.165) is 10.9 Å². The topological polar surface area (TPSA) is 69.9 Å². The summed E-state index contributed by atoms with van der Waals surface area (Å²) in [4.78, 5) is 28.0. The molecule has 7 heteroatoms. The van der Waals surface area contributed by atoms with Crippen molar-refractivity contribution in [2.24, 2.45) is 0 Å². The van der Waals surface area contributed by atoms with Gasteiger partial charge < -0.3 is 9.47 Å². The van der Waals surface area contributed by atoms with Crippen LogP contribution in [0.4, 0.5) is 0 Å². The fraction of sp³-hybridized carbons (Fsp3) is 0.357. The standard InChI is InChI=1S/C14H13BrN2O4/c15-9-3-4-12-16-10(6-13(18)17(12)7-9)8-21-14(19)11-2-1-5-20-11/h3-4,6-7,11H,1-2,5,8H2. The van der Waals surface area contributed by atoms with Crippen molar-refractivity contribution < 1.29 is 14.3 Å². The summed E-state index contributed by atoms with van der Waals surface area (Å²) >= 11 is 3.30. The molecule has 0 aliphatic carbocycles. The predicted octanol–water partition coefficient (Wildman–Crippen LogP) is 1.68. The fourth-order valence-corrected chi connectivity index (χ4v) is 2.54. The Morgan fingerprint density at radius 2 is 2.38 bits per heavy atom. The first-order valence-corrected chi connectivity index (χ1v) is 7.39. The number of fused-ring (bicyclic) bond motifs is 1. The zero-order valence-corrected chi connectivity index (χ0v) is 12.7. The van der Waals surface area contributed by atoms with E-state index in [4.69, 9.17) is 9.47 Å². The Hall–Kier alpha value is -1.73. The molecule has 1 atom stereocenters. The fourth-order valence-electron chi connectivity index (χ4n) is 2.20. The second-order valence-corrected chi connectivity index (χ2v) is 5.69. The van der Waals surface area contributed by atoms with Crippen molar-refractivity contribution in [3.63, 3.8) is 0 Å². The molecule has 1 aliphatic heterocycles. The Bertz CT molecular complexity index is 737. The van der Waals surface area contributed by atoms with Gasteiger partial charge in [-0.1, -0.05) is 0 Å². The van der Waals surface area contributed by atoms with Gasteiger partial charge in [0.1, 0.15) is 12.3 Å². The average molecular weight is 353 g/mol. The molecule has 1 unspecified atom stereocenters. The van der Waals surface area contributed by atoms with Gasteiger partial charge in [0.15, 0.2) is 6.10 Å². The Labute approximate surface area is 128 Å². The van der Waals surface area contributed by atoms with Crippen molar-refractivity contribution in [1.82, 2.24) is 9.38 Å². The first kappa shape index (κ1) is 14.2. The Morgan fingerprint density at radius 3 is 3.14 bits per heavy atom. The van der Waals surface area contributed by atoms with Gasteiger partial charge in [0.05, 0.1) is 5.69 Å². The molecule has 0 aromatic carbocycles. The maximum atomic E-state index is 12.0. The van der Waals surface area contributed by atoms with E-state index in [1.54, 1.807) is 18.3 Å². The molecule has 3 heterocycles. The largest absolute Gasteiger partial charge is 0.457 e. The Kier molecular flexibility index (Phi) is 4.03. The molecule has 0 spiro atoms. The minimum absolute atomic E-state index is 0.0273. The summed E-state index contributed by atoms with van der Waals surface area (Å²) in [7, 11) is 0. The van der Waals surface area contributed by atoms with Crippen molar-refractivity contribution in [3.8, 4) is 0 Å². The maximum absolute atomic E-state index is 12.0. The third-order valence-electron chi connectivity index (χ3n) is 3.23. The van der Waals surface area contributed by atoms with E-state index < -0.39 is 12.1 Å². The smallest absolute Gasteiger partial charge is 0.335 e. The summed E-state index contributed by atoms with van der Waals surface area (Å²) in [6.45, 7) is 0.560. The van der Waals surface area contributed by atoms with Crippen LogP contribution in [0.5, 0.6) is 0 Å². The van der Waals surface area contributed by atoms with Gasteiger partial charge in [0.25, 0.3) is 5.56 Å². The van der Waals surface area contributed by atoms with Gasteiger partial charge in [-0.25, -0.2) is 9.78 Å². The van der Waals surface area contributed by atoms with Crippen LogP contribution in [0, 0.1) is 0 Å². The molecule has 6 nitrogen and oxygen atoms in total. The van der Waals surface area contributed by atoms with Crippen molar-refractivity contribution in [1.29, 1.82) is 0 Å². The molecule has 0 radical (unpaired) electrons. The number of pyridine rings is 1. The highest BCUT2D eigenvalue weighted by Crippen LogP contribution is 2.14. The van der Waals surface area contributed by atoms with Crippen molar-refractivity contribution in [3.05, 3.63) is 44.9 Å². The second kappa shape index (κ2) is 5.95. The van der Waals surface area contributed by atoms with Crippen LogP contribution < -0.4 is 5.56 Å². The number of carbonyl (C=O) groups excluding carboxylic acids is 1. The highest BCUT2D eigenvalue weighted by molar-refractivity contribution is 9.10. The molecule has 1 fully saturated rings. The van der Waals surface area contributed by atoms with Gasteiger partial charge in [0.2, 0.25) is 0 Å². The lowest BCUT2D eigenvalue weighted by Gasteiger charge is -2.09. The normalized spacial score (nSPS) is 18.0. The summed E-state index contributed by atoms with van der Waals surface area (Å²) in [6, 6.07) is 4.88. The number of esters is 1. The van der Waals surface area contributed by atoms with Gasteiger partial charge >= 0.3 is 5.97 Å². The number of ether oxygens (including phenoxy) is 2. The third-order valence-corrected chi connectivity index (χ3v) is 3.70. The van der Waals surface area contributed by atoms with Crippen LogP contribution in [0.2, 0.25) is 0 Å². The molecule has 2 aromatic rings. The Morgan fingerprint density at radius 1 is 1.52 bits per heavy atom. The molecule has 2 aromatic heterocycles. The highest BCUT2D eigenvalue weighted by atomic mass is 79.9. The molecular formula is C14H13BrN2O4. The highest BCUT2D eigenvalue weighted by Gasteiger charge is 2.25. The van der Waals surface area contributed by atoms with E-state index in [1.165, 1.54) is 10.5 Å². The van der Waals surface area contributed by atoms with Crippen molar-refractivity contribution in [2.75, 3.05) is 6.61 Å². The van der Waals surface area contributed by atoms with Crippen LogP contribution >= 0.6 is 15.9 Å². The van der Waals surface area contributed by atoms with Gasteiger partial charge in [-0.05, 0) is 40.9 Å². The zero-order valence-electron chi connectivity index (χ0n) is 11.1. The molecule has 110 valence electrons. The summed E-state index contributed by atoms with van der Waals surface area (Å²) in [6.07, 6.45) is 2.71. The van der Waals surface area contributed by atoms with Crippen LogP contribution in [0.25, 0.3) is 5.65 Å². The van der Waals surface area contributed by atoms with Crippen molar-refractivity contribution >= 4 is 27.5 Å². The molecule has 0 amide bonds. The summed E-state index contributed by atoms with van der Waals surface area (Å²) in [5.74, 6) is -0.398. The van der Waals surface area contributed by atoms with Gasteiger partial charge in [0, 0.05) is 23.3 Å². The molecule has 0 N–H and O–H groups in total. The summed E-state index contributed by atoms with van der Waals surface area (Å²) < 4.78 is 12.6. The molecule has 1 aliphatic rings. The van der Waals surface area contributed by atoms with Gasteiger partial charge in [-0.3, -0.25) is 9.20 Å². The van der Waals surface area contributed by atoms with Crippen LogP contribution in [0.1, 0.15) is 18.5 Å². The lowest BCUT2D eigenvalue weighted by molar-refractivity contribution is -0.155. The number of aromatic nitrogens is 2.